The number of nitrogens with zero attached hydrogens (tertiary/aromatic N) is 2. The molecule has 3 rings (SSSR count). The lowest BCUT2D eigenvalue weighted by Gasteiger charge is -2.35. The summed E-state index contributed by atoms with van der Waals surface area (Å²) in [4.78, 5) is 14.3. The third kappa shape index (κ3) is 4.19. The number of piperidine rings is 1. The van der Waals surface area contributed by atoms with Crippen molar-refractivity contribution in [1.82, 2.24) is 10.1 Å². The van der Waals surface area contributed by atoms with Crippen molar-refractivity contribution in [3.8, 4) is 11.3 Å². The number of ether oxygens (including phenoxy) is 1. The van der Waals surface area contributed by atoms with Crippen molar-refractivity contribution in [2.24, 2.45) is 0 Å². The first-order valence-corrected chi connectivity index (χ1v) is 9.75. The standard InChI is InChI=1S/C19H22FIN2O3/c1-19(2,3)25-18(24)23-11-5-4-6-14(23)17-15(21)16(22-26-17)12-7-9-13(20)10-8-12/h7-10,14H,4-6,11H2,1-3H3. The van der Waals surface area contributed by atoms with Crippen LogP contribution in [0, 0.1) is 9.39 Å². The van der Waals surface area contributed by atoms with E-state index in [9.17, 15) is 9.18 Å². The quantitative estimate of drug-likeness (QED) is 0.539. The van der Waals surface area contributed by atoms with Crippen molar-refractivity contribution < 1.29 is 18.4 Å². The van der Waals surface area contributed by atoms with Gasteiger partial charge in [0, 0.05) is 12.1 Å². The first-order chi connectivity index (χ1) is 12.3. The Labute approximate surface area is 166 Å². The lowest BCUT2D eigenvalue weighted by Crippen LogP contribution is -2.42. The smallest absolute Gasteiger partial charge is 0.410 e. The summed E-state index contributed by atoms with van der Waals surface area (Å²) in [6.45, 7) is 6.19. The lowest BCUT2D eigenvalue weighted by atomic mass is 9.99. The Morgan fingerprint density at radius 3 is 2.65 bits per heavy atom. The molecule has 1 saturated heterocycles. The number of benzene rings is 1. The molecule has 1 atom stereocenters. The van der Waals surface area contributed by atoms with Gasteiger partial charge in [-0.3, -0.25) is 4.90 Å². The van der Waals surface area contributed by atoms with E-state index in [-0.39, 0.29) is 18.0 Å². The van der Waals surface area contributed by atoms with Crippen LogP contribution >= 0.6 is 22.6 Å². The summed E-state index contributed by atoms with van der Waals surface area (Å²) in [6.07, 6.45) is 2.41. The summed E-state index contributed by atoms with van der Waals surface area (Å²) in [6, 6.07) is 5.94. The van der Waals surface area contributed by atoms with Gasteiger partial charge in [0.05, 0.1) is 9.61 Å². The summed E-state index contributed by atoms with van der Waals surface area (Å²) in [7, 11) is 0. The molecule has 0 aliphatic carbocycles. The average molecular weight is 472 g/mol. The molecule has 0 radical (unpaired) electrons. The lowest BCUT2D eigenvalue weighted by molar-refractivity contribution is 0.00599. The predicted molar refractivity (Wildman–Crippen MR) is 104 cm³/mol. The molecule has 1 amide bonds. The van der Waals surface area contributed by atoms with Crippen molar-refractivity contribution in [2.75, 3.05) is 6.54 Å². The van der Waals surface area contributed by atoms with Crippen molar-refractivity contribution >= 4 is 28.7 Å². The van der Waals surface area contributed by atoms with Gasteiger partial charge in [-0.2, -0.15) is 0 Å². The summed E-state index contributed by atoms with van der Waals surface area (Å²) >= 11 is 2.18. The number of amides is 1. The van der Waals surface area contributed by atoms with E-state index < -0.39 is 5.60 Å². The Kier molecular flexibility index (Phi) is 5.55. The van der Waals surface area contributed by atoms with Crippen LogP contribution in [-0.4, -0.2) is 28.3 Å². The normalized spacial score (nSPS) is 18.0. The average Bonchev–Trinajstić information content (AvgIpc) is 2.95. The molecule has 1 aromatic heterocycles. The van der Waals surface area contributed by atoms with Crippen molar-refractivity contribution in [2.45, 2.75) is 51.7 Å². The van der Waals surface area contributed by atoms with Gasteiger partial charge in [-0.25, -0.2) is 9.18 Å². The molecule has 2 heterocycles. The molecule has 0 bridgehead atoms. The van der Waals surface area contributed by atoms with E-state index in [1.807, 2.05) is 20.8 Å². The highest BCUT2D eigenvalue weighted by molar-refractivity contribution is 14.1. The van der Waals surface area contributed by atoms with E-state index in [1.54, 1.807) is 17.0 Å². The van der Waals surface area contributed by atoms with E-state index in [0.29, 0.717) is 18.0 Å². The van der Waals surface area contributed by atoms with Crippen LogP contribution in [0.15, 0.2) is 28.8 Å². The minimum absolute atomic E-state index is 0.202. The summed E-state index contributed by atoms with van der Waals surface area (Å²) in [5, 5.41) is 4.18. The number of likely N-dealkylation sites (tertiary alicyclic amines) is 1. The molecular weight excluding hydrogens is 450 g/mol. The maximum Gasteiger partial charge on any atom is 0.410 e. The molecule has 140 valence electrons. The molecule has 0 spiro atoms. The van der Waals surface area contributed by atoms with Crippen LogP contribution < -0.4 is 0 Å². The van der Waals surface area contributed by atoms with Gasteiger partial charge in [-0.05, 0) is 86.9 Å². The number of halogens is 2. The van der Waals surface area contributed by atoms with Gasteiger partial charge in [0.2, 0.25) is 0 Å². The molecule has 0 N–H and O–H groups in total. The number of aromatic nitrogens is 1. The fourth-order valence-corrected chi connectivity index (χ4v) is 3.90. The molecule has 2 aromatic rings. The highest BCUT2D eigenvalue weighted by Gasteiger charge is 2.35. The molecule has 1 fully saturated rings. The van der Waals surface area contributed by atoms with Crippen LogP contribution in [0.5, 0.6) is 0 Å². The van der Waals surface area contributed by atoms with Crippen LogP contribution in [0.25, 0.3) is 11.3 Å². The molecule has 0 saturated carbocycles. The summed E-state index contributed by atoms with van der Waals surface area (Å²) in [5.74, 6) is 0.367. The highest BCUT2D eigenvalue weighted by Crippen LogP contribution is 2.38. The first-order valence-electron chi connectivity index (χ1n) is 8.67. The first kappa shape index (κ1) is 19.1. The van der Waals surface area contributed by atoms with Crippen LogP contribution in [0.4, 0.5) is 9.18 Å². The molecule has 7 heteroatoms. The van der Waals surface area contributed by atoms with Crippen LogP contribution in [-0.2, 0) is 4.74 Å². The zero-order valence-electron chi connectivity index (χ0n) is 15.1. The van der Waals surface area contributed by atoms with E-state index in [0.717, 1.165) is 28.4 Å². The van der Waals surface area contributed by atoms with E-state index in [1.165, 1.54) is 12.1 Å². The monoisotopic (exact) mass is 472 g/mol. The third-order valence-electron chi connectivity index (χ3n) is 4.21. The van der Waals surface area contributed by atoms with Gasteiger partial charge in [0.25, 0.3) is 0 Å². The number of hydrogen-bond acceptors (Lipinski definition) is 4. The zero-order chi connectivity index (χ0) is 18.9. The highest BCUT2D eigenvalue weighted by atomic mass is 127. The minimum atomic E-state index is -0.549. The molecular formula is C19H22FIN2O3. The molecule has 1 aromatic carbocycles. The Balaban J connectivity index is 1.89. The largest absolute Gasteiger partial charge is 0.444 e. The number of carbonyl (C=O) groups is 1. The van der Waals surface area contributed by atoms with Gasteiger partial charge in [0.1, 0.15) is 17.1 Å². The summed E-state index contributed by atoms with van der Waals surface area (Å²) < 4.78 is 25.2. The second-order valence-corrected chi connectivity index (χ2v) is 8.48. The van der Waals surface area contributed by atoms with Crippen LogP contribution in [0.2, 0.25) is 0 Å². The van der Waals surface area contributed by atoms with Gasteiger partial charge in [-0.1, -0.05) is 5.16 Å². The molecule has 1 unspecified atom stereocenters. The molecule has 26 heavy (non-hydrogen) atoms. The predicted octanol–water partition coefficient (Wildman–Crippen LogP) is 5.55. The fourth-order valence-electron chi connectivity index (χ4n) is 3.03. The third-order valence-corrected chi connectivity index (χ3v) is 5.25. The second kappa shape index (κ2) is 7.54. The fraction of sp³-hybridized carbons (Fsp3) is 0.474. The van der Waals surface area contributed by atoms with Crippen molar-refractivity contribution in [3.05, 3.63) is 39.4 Å². The van der Waals surface area contributed by atoms with E-state index in [4.69, 9.17) is 9.26 Å². The zero-order valence-corrected chi connectivity index (χ0v) is 17.2. The molecule has 1 aliphatic heterocycles. The second-order valence-electron chi connectivity index (χ2n) is 7.40. The Morgan fingerprint density at radius 1 is 1.31 bits per heavy atom. The topological polar surface area (TPSA) is 55.6 Å². The number of hydrogen-bond donors (Lipinski definition) is 0. The SMILES string of the molecule is CC(C)(C)OC(=O)N1CCCCC1c1onc(-c2ccc(F)cc2)c1I. The van der Waals surface area contributed by atoms with Crippen LogP contribution in [0.3, 0.4) is 0 Å². The Bertz CT molecular complexity index is 783. The van der Waals surface area contributed by atoms with Gasteiger partial charge >= 0.3 is 6.09 Å². The minimum Gasteiger partial charge on any atom is -0.444 e. The maximum atomic E-state index is 13.2. The number of carbonyl (C=O) groups excluding carboxylic acids is 1. The van der Waals surface area contributed by atoms with Gasteiger partial charge < -0.3 is 9.26 Å². The van der Waals surface area contributed by atoms with Gasteiger partial charge in [-0.15, -0.1) is 0 Å². The van der Waals surface area contributed by atoms with E-state index in [2.05, 4.69) is 27.7 Å². The Hall–Kier alpha value is -1.64. The van der Waals surface area contributed by atoms with Crippen molar-refractivity contribution in [3.63, 3.8) is 0 Å². The molecule has 1 aliphatic rings. The Morgan fingerprint density at radius 2 is 2.00 bits per heavy atom. The summed E-state index contributed by atoms with van der Waals surface area (Å²) in [5.41, 5.74) is 0.896. The van der Waals surface area contributed by atoms with E-state index >= 15 is 0 Å². The van der Waals surface area contributed by atoms with Crippen LogP contribution in [0.1, 0.15) is 51.8 Å². The molecule has 5 nitrogen and oxygen atoms in total. The number of rotatable bonds is 2. The van der Waals surface area contributed by atoms with Gasteiger partial charge in [0.15, 0.2) is 5.76 Å². The maximum absolute atomic E-state index is 13.2. The van der Waals surface area contributed by atoms with Crippen molar-refractivity contribution in [1.29, 1.82) is 0 Å².